The number of nitrogens with zero attached hydrogens (tertiary/aromatic N) is 2. The molecule has 0 saturated carbocycles. The largest absolute Gasteiger partial charge is 0.307 e. The molecule has 3 heterocycles. The summed E-state index contributed by atoms with van der Waals surface area (Å²) in [6, 6.07) is 5.51. The van der Waals surface area contributed by atoms with Crippen molar-refractivity contribution in [2.24, 2.45) is 5.92 Å². The van der Waals surface area contributed by atoms with Gasteiger partial charge in [-0.05, 0) is 43.9 Å². The maximum atomic E-state index is 12.0. The van der Waals surface area contributed by atoms with Crippen molar-refractivity contribution in [2.75, 3.05) is 25.0 Å². The fourth-order valence-corrected chi connectivity index (χ4v) is 3.01. The quantitative estimate of drug-likeness (QED) is 0.840. The zero-order valence-electron chi connectivity index (χ0n) is 11.7. The van der Waals surface area contributed by atoms with Gasteiger partial charge in [-0.3, -0.25) is 4.79 Å². The van der Waals surface area contributed by atoms with E-state index in [0.29, 0.717) is 11.7 Å². The molecule has 2 aliphatic heterocycles. The molecule has 4 nitrogen and oxygen atoms in total. The van der Waals surface area contributed by atoms with Gasteiger partial charge in [-0.2, -0.15) is 0 Å². The maximum Gasteiger partial charge on any atom is 0.249 e. The molecule has 3 rings (SSSR count). The third-order valence-electron chi connectivity index (χ3n) is 3.98. The summed E-state index contributed by atoms with van der Waals surface area (Å²) in [7, 11) is 0. The van der Waals surface area contributed by atoms with Gasteiger partial charge >= 0.3 is 0 Å². The van der Waals surface area contributed by atoms with Gasteiger partial charge in [0, 0.05) is 25.4 Å². The van der Waals surface area contributed by atoms with Crippen LogP contribution in [0.3, 0.4) is 0 Å². The predicted molar refractivity (Wildman–Crippen MR) is 80.1 cm³/mol. The first-order chi connectivity index (χ1) is 9.31. The molecular formula is C16H21N3O. The molecule has 2 saturated heterocycles. The summed E-state index contributed by atoms with van der Waals surface area (Å²) in [6.07, 6.45) is 6.98. The monoisotopic (exact) mass is 271 g/mol. The van der Waals surface area contributed by atoms with Crippen molar-refractivity contribution in [1.82, 2.24) is 9.88 Å². The second kappa shape index (κ2) is 6.66. The standard InChI is InChI=1S/C15H19N3O.CH2/c19-15(17-14-5-1-2-7-16-14)10-12-6-9-18-8-3-4-13(12)11-18;/h1-2,5,7,10,13H,3-4,6,8-9,11H2,(H,16,17,19);1H2. The number of anilines is 1. The van der Waals surface area contributed by atoms with E-state index >= 15 is 0 Å². The van der Waals surface area contributed by atoms with E-state index in [0.717, 1.165) is 19.5 Å². The van der Waals surface area contributed by atoms with Crippen molar-refractivity contribution in [3.8, 4) is 0 Å². The van der Waals surface area contributed by atoms with E-state index in [2.05, 4.69) is 15.2 Å². The number of rotatable bonds is 2. The Morgan fingerprint density at radius 2 is 2.30 bits per heavy atom. The van der Waals surface area contributed by atoms with Gasteiger partial charge in [0.05, 0.1) is 0 Å². The lowest BCUT2D eigenvalue weighted by molar-refractivity contribution is -0.112. The average Bonchev–Trinajstić information content (AvgIpc) is 2.44. The van der Waals surface area contributed by atoms with Gasteiger partial charge in [-0.25, -0.2) is 4.98 Å². The van der Waals surface area contributed by atoms with Gasteiger partial charge in [-0.15, -0.1) is 0 Å². The Bertz CT molecular complexity index is 484. The average molecular weight is 271 g/mol. The van der Waals surface area contributed by atoms with Gasteiger partial charge in [0.1, 0.15) is 5.82 Å². The maximum absolute atomic E-state index is 12.0. The first-order valence-electron chi connectivity index (χ1n) is 6.96. The molecule has 2 aliphatic rings. The van der Waals surface area contributed by atoms with E-state index in [9.17, 15) is 4.79 Å². The summed E-state index contributed by atoms with van der Waals surface area (Å²) in [4.78, 5) is 18.6. The van der Waals surface area contributed by atoms with Crippen LogP contribution in [0.4, 0.5) is 5.82 Å². The van der Waals surface area contributed by atoms with E-state index in [4.69, 9.17) is 0 Å². The second-order valence-electron chi connectivity index (χ2n) is 5.31. The van der Waals surface area contributed by atoms with Crippen LogP contribution in [0.1, 0.15) is 19.3 Å². The Labute approximate surface area is 120 Å². The molecule has 2 bridgehead atoms. The van der Waals surface area contributed by atoms with Crippen molar-refractivity contribution < 1.29 is 4.79 Å². The van der Waals surface area contributed by atoms with E-state index in [1.165, 1.54) is 25.0 Å². The molecule has 2 atom stereocenters. The minimum absolute atomic E-state index is 0. The first-order valence-corrected chi connectivity index (χ1v) is 6.96. The lowest BCUT2D eigenvalue weighted by atomic mass is 9.84. The molecule has 2 fully saturated rings. The van der Waals surface area contributed by atoms with Crippen LogP contribution in [-0.2, 0) is 4.79 Å². The number of hydrogen-bond acceptors (Lipinski definition) is 3. The van der Waals surface area contributed by atoms with Crippen LogP contribution in [0.25, 0.3) is 0 Å². The molecular weight excluding hydrogens is 250 g/mol. The number of hydrogen-bond donors (Lipinski definition) is 1. The zero-order chi connectivity index (χ0) is 13.1. The van der Waals surface area contributed by atoms with Crippen molar-refractivity contribution in [3.63, 3.8) is 0 Å². The Morgan fingerprint density at radius 1 is 1.40 bits per heavy atom. The number of fused-ring (bicyclic) bond motifs is 2. The van der Waals surface area contributed by atoms with E-state index in [1.807, 2.05) is 12.1 Å². The second-order valence-corrected chi connectivity index (χ2v) is 5.31. The van der Waals surface area contributed by atoms with Crippen LogP contribution in [0, 0.1) is 13.3 Å². The minimum Gasteiger partial charge on any atom is -0.307 e. The number of pyridine rings is 1. The highest BCUT2D eigenvalue weighted by Gasteiger charge is 2.27. The summed E-state index contributed by atoms with van der Waals surface area (Å²) in [5.41, 5.74) is 1.31. The number of nitrogens with one attached hydrogen (secondary N) is 1. The molecule has 1 amide bonds. The number of amides is 1. The highest BCUT2D eigenvalue weighted by Crippen LogP contribution is 2.30. The van der Waals surface area contributed by atoms with Gasteiger partial charge in [-0.1, -0.05) is 19.1 Å². The van der Waals surface area contributed by atoms with Crippen LogP contribution in [-0.4, -0.2) is 35.4 Å². The Morgan fingerprint density at radius 3 is 3.10 bits per heavy atom. The third-order valence-corrected chi connectivity index (χ3v) is 3.98. The predicted octanol–water partition coefficient (Wildman–Crippen LogP) is 2.39. The summed E-state index contributed by atoms with van der Waals surface area (Å²) < 4.78 is 0. The lowest BCUT2D eigenvalue weighted by Crippen LogP contribution is -2.41. The Hall–Kier alpha value is -1.68. The SMILES string of the molecule is O=C(C=C1CCN2CCCC1C2)Nc1ccccn1.[CH2]. The van der Waals surface area contributed by atoms with Crippen LogP contribution in [0.2, 0.25) is 0 Å². The Kier molecular flexibility index (Phi) is 4.90. The highest BCUT2D eigenvalue weighted by atomic mass is 16.1. The van der Waals surface area contributed by atoms with Crippen molar-refractivity contribution in [3.05, 3.63) is 43.5 Å². The van der Waals surface area contributed by atoms with E-state index in [-0.39, 0.29) is 13.3 Å². The summed E-state index contributed by atoms with van der Waals surface area (Å²) in [5.74, 6) is 1.15. The molecule has 1 N–H and O–H groups in total. The number of aromatic nitrogens is 1. The Balaban J connectivity index is 0.00000147. The van der Waals surface area contributed by atoms with Gasteiger partial charge in [0.15, 0.2) is 0 Å². The topological polar surface area (TPSA) is 45.2 Å². The fraction of sp³-hybridized carbons (Fsp3) is 0.438. The van der Waals surface area contributed by atoms with Crippen LogP contribution >= 0.6 is 0 Å². The molecule has 0 aliphatic carbocycles. The van der Waals surface area contributed by atoms with Crippen molar-refractivity contribution >= 4 is 11.7 Å². The minimum atomic E-state index is -0.0484. The van der Waals surface area contributed by atoms with Crippen molar-refractivity contribution in [1.29, 1.82) is 0 Å². The first kappa shape index (κ1) is 14.7. The number of piperidine rings is 2. The van der Waals surface area contributed by atoms with Crippen molar-refractivity contribution in [2.45, 2.75) is 19.3 Å². The third kappa shape index (κ3) is 3.45. The molecule has 106 valence electrons. The van der Waals surface area contributed by atoms with Gasteiger partial charge < -0.3 is 10.2 Å². The van der Waals surface area contributed by atoms with E-state index < -0.39 is 0 Å². The molecule has 0 aromatic carbocycles. The number of carbonyl (C=O) groups is 1. The number of carbonyl (C=O) groups excluding carboxylic acids is 1. The zero-order valence-corrected chi connectivity index (χ0v) is 11.7. The normalized spacial score (nSPS) is 26.7. The molecule has 1 aromatic rings. The van der Waals surface area contributed by atoms with Crippen LogP contribution in [0.15, 0.2) is 36.0 Å². The lowest BCUT2D eigenvalue weighted by Gasteiger charge is -2.39. The molecule has 20 heavy (non-hydrogen) atoms. The van der Waals surface area contributed by atoms with Crippen LogP contribution in [0.5, 0.6) is 0 Å². The molecule has 4 heteroatoms. The van der Waals surface area contributed by atoms with Gasteiger partial charge in [0.25, 0.3) is 0 Å². The fourth-order valence-electron chi connectivity index (χ4n) is 3.01. The molecule has 2 unspecified atom stereocenters. The molecule has 2 radical (unpaired) electrons. The summed E-state index contributed by atoms with van der Waals surface area (Å²) >= 11 is 0. The smallest absolute Gasteiger partial charge is 0.249 e. The molecule has 0 spiro atoms. The highest BCUT2D eigenvalue weighted by molar-refractivity contribution is 5.99. The summed E-state index contributed by atoms with van der Waals surface area (Å²) in [5, 5.41) is 2.82. The van der Waals surface area contributed by atoms with E-state index in [1.54, 1.807) is 18.3 Å². The summed E-state index contributed by atoms with van der Waals surface area (Å²) in [6.45, 7) is 3.45. The molecule has 1 aromatic heterocycles. The van der Waals surface area contributed by atoms with Gasteiger partial charge in [0.2, 0.25) is 5.91 Å². The van der Waals surface area contributed by atoms with Crippen LogP contribution < -0.4 is 5.32 Å².